The van der Waals surface area contributed by atoms with Gasteiger partial charge in [-0.05, 0) is 41.5 Å². The number of nitrogens with zero attached hydrogens (tertiary/aromatic N) is 1. The number of carbonyl (C=O) groups is 2. The minimum absolute atomic E-state index is 0.0453. The van der Waals surface area contributed by atoms with Crippen molar-refractivity contribution >= 4 is 23.4 Å². The van der Waals surface area contributed by atoms with Crippen LogP contribution in [0.5, 0.6) is 0 Å². The lowest BCUT2D eigenvalue weighted by molar-refractivity contribution is -0.140. The highest BCUT2D eigenvalue weighted by atomic mass is 35.5. The lowest BCUT2D eigenvalue weighted by Gasteiger charge is -2.37. The summed E-state index contributed by atoms with van der Waals surface area (Å²) in [4.78, 5) is 27.9. The van der Waals surface area contributed by atoms with E-state index in [9.17, 15) is 14.0 Å². The second-order valence-electron chi connectivity index (χ2n) is 8.48. The Morgan fingerprint density at radius 2 is 1.77 bits per heavy atom. The zero-order valence-corrected chi connectivity index (χ0v) is 18.8. The molecular weight excluding hydrogens is 415 g/mol. The van der Waals surface area contributed by atoms with Crippen molar-refractivity contribution in [1.29, 1.82) is 0 Å². The van der Waals surface area contributed by atoms with E-state index in [-0.39, 0.29) is 30.3 Å². The Hall–Kier alpha value is -2.40. The van der Waals surface area contributed by atoms with Crippen molar-refractivity contribution in [2.24, 2.45) is 11.8 Å². The fraction of sp³-hybridized carbons (Fsp3) is 0.440. The number of hydrogen-bond acceptors (Lipinski definition) is 2. The van der Waals surface area contributed by atoms with Crippen molar-refractivity contribution in [2.45, 2.75) is 51.7 Å². The van der Waals surface area contributed by atoms with Crippen LogP contribution in [-0.2, 0) is 16.1 Å². The zero-order chi connectivity index (χ0) is 22.4. The van der Waals surface area contributed by atoms with Gasteiger partial charge in [-0.15, -0.1) is 11.6 Å². The minimum Gasteiger partial charge on any atom is -0.351 e. The molecule has 2 aromatic rings. The highest BCUT2D eigenvalue weighted by Gasteiger charge is 2.35. The van der Waals surface area contributed by atoms with Gasteiger partial charge >= 0.3 is 0 Å². The summed E-state index contributed by atoms with van der Waals surface area (Å²) in [5, 5.41) is 3.19. The molecule has 0 unspecified atom stereocenters. The van der Waals surface area contributed by atoms with E-state index in [2.05, 4.69) is 19.2 Å². The SMILES string of the molecule is C[C@H]1[C@H](C)CCC[C@@H]1NC(=O)[C@H](c1ccc(F)cc1)N(Cc1ccccc1)C(=O)CCl. The summed E-state index contributed by atoms with van der Waals surface area (Å²) in [5.74, 6) is -0.372. The summed E-state index contributed by atoms with van der Waals surface area (Å²) in [6, 6.07) is 14.4. The Morgan fingerprint density at radius 3 is 2.42 bits per heavy atom. The molecule has 0 saturated heterocycles. The Bertz CT molecular complexity index is 875. The molecule has 4 nitrogen and oxygen atoms in total. The molecule has 0 radical (unpaired) electrons. The van der Waals surface area contributed by atoms with Crippen molar-refractivity contribution in [3.63, 3.8) is 0 Å². The quantitative estimate of drug-likeness (QED) is 0.606. The van der Waals surface area contributed by atoms with Crippen LogP contribution in [0.15, 0.2) is 54.6 Å². The molecule has 3 rings (SSSR count). The first-order chi connectivity index (χ1) is 14.9. The predicted molar refractivity (Wildman–Crippen MR) is 121 cm³/mol. The molecule has 0 heterocycles. The Kier molecular flexibility index (Phi) is 8.08. The number of carbonyl (C=O) groups excluding carboxylic acids is 2. The lowest BCUT2D eigenvalue weighted by atomic mass is 9.78. The average Bonchev–Trinajstić information content (AvgIpc) is 2.78. The number of nitrogens with one attached hydrogen (secondary N) is 1. The van der Waals surface area contributed by atoms with Crippen LogP contribution in [0.2, 0.25) is 0 Å². The lowest BCUT2D eigenvalue weighted by Crippen LogP contribution is -2.50. The molecule has 0 aromatic heterocycles. The van der Waals surface area contributed by atoms with E-state index in [1.807, 2.05) is 30.3 Å². The van der Waals surface area contributed by atoms with E-state index in [4.69, 9.17) is 11.6 Å². The summed E-state index contributed by atoms with van der Waals surface area (Å²) in [7, 11) is 0. The molecule has 4 atom stereocenters. The molecule has 2 amide bonds. The molecule has 2 aromatic carbocycles. The Labute approximate surface area is 188 Å². The molecule has 0 bridgehead atoms. The molecule has 166 valence electrons. The summed E-state index contributed by atoms with van der Waals surface area (Å²) in [6.45, 7) is 4.60. The third-order valence-electron chi connectivity index (χ3n) is 6.41. The third kappa shape index (κ3) is 5.85. The molecule has 6 heteroatoms. The molecule has 1 fully saturated rings. The molecule has 1 aliphatic rings. The van der Waals surface area contributed by atoms with Crippen LogP contribution in [-0.4, -0.2) is 28.6 Å². The largest absolute Gasteiger partial charge is 0.351 e. The standard InChI is InChI=1S/C25H30ClFN2O2/c1-17-7-6-10-22(18(17)2)28-25(31)24(20-11-13-21(27)14-12-20)29(23(30)15-26)16-19-8-4-3-5-9-19/h3-5,8-9,11-14,17-18,22,24H,6-7,10,15-16H2,1-2H3,(H,28,31)/t17-,18+,22+,24+/m1/s1. The van der Waals surface area contributed by atoms with Crippen LogP contribution in [0.25, 0.3) is 0 Å². The molecule has 0 aliphatic heterocycles. The van der Waals surface area contributed by atoms with Crippen molar-refractivity contribution in [3.05, 3.63) is 71.5 Å². The van der Waals surface area contributed by atoms with Crippen molar-refractivity contribution in [2.75, 3.05) is 5.88 Å². The fourth-order valence-corrected chi connectivity index (χ4v) is 4.50. The van der Waals surface area contributed by atoms with E-state index >= 15 is 0 Å². The van der Waals surface area contributed by atoms with Crippen LogP contribution in [0.3, 0.4) is 0 Å². The normalized spacial score (nSPS) is 21.9. The minimum atomic E-state index is -0.892. The van der Waals surface area contributed by atoms with Crippen LogP contribution in [0.4, 0.5) is 4.39 Å². The summed E-state index contributed by atoms with van der Waals surface area (Å²) in [5.41, 5.74) is 1.45. The first-order valence-electron chi connectivity index (χ1n) is 10.9. The second kappa shape index (κ2) is 10.8. The van der Waals surface area contributed by atoms with Gasteiger partial charge in [-0.2, -0.15) is 0 Å². The highest BCUT2D eigenvalue weighted by Crippen LogP contribution is 2.31. The smallest absolute Gasteiger partial charge is 0.247 e. The van der Waals surface area contributed by atoms with Gasteiger partial charge in [-0.1, -0.05) is 69.2 Å². The molecule has 1 N–H and O–H groups in total. The Balaban J connectivity index is 1.94. The number of rotatable bonds is 7. The van der Waals surface area contributed by atoms with Gasteiger partial charge in [0.15, 0.2) is 0 Å². The predicted octanol–water partition coefficient (Wildman–Crippen LogP) is 5.08. The van der Waals surface area contributed by atoms with Gasteiger partial charge in [0.05, 0.1) is 0 Å². The van der Waals surface area contributed by atoms with Crippen molar-refractivity contribution in [3.8, 4) is 0 Å². The second-order valence-corrected chi connectivity index (χ2v) is 8.74. The molecule has 1 saturated carbocycles. The van der Waals surface area contributed by atoms with Gasteiger partial charge in [0, 0.05) is 12.6 Å². The van der Waals surface area contributed by atoms with Gasteiger partial charge in [0.2, 0.25) is 11.8 Å². The third-order valence-corrected chi connectivity index (χ3v) is 6.64. The molecule has 1 aliphatic carbocycles. The van der Waals surface area contributed by atoms with Crippen LogP contribution in [0.1, 0.15) is 50.3 Å². The van der Waals surface area contributed by atoms with Crippen molar-refractivity contribution < 1.29 is 14.0 Å². The fourth-order valence-electron chi connectivity index (χ4n) is 4.35. The van der Waals surface area contributed by atoms with Crippen LogP contribution < -0.4 is 5.32 Å². The van der Waals surface area contributed by atoms with Gasteiger partial charge in [0.1, 0.15) is 17.7 Å². The van der Waals surface area contributed by atoms with Gasteiger partial charge in [-0.3, -0.25) is 9.59 Å². The van der Waals surface area contributed by atoms with E-state index in [0.29, 0.717) is 17.4 Å². The zero-order valence-electron chi connectivity index (χ0n) is 18.1. The van der Waals surface area contributed by atoms with Crippen LogP contribution >= 0.6 is 11.6 Å². The maximum Gasteiger partial charge on any atom is 0.247 e. The average molecular weight is 445 g/mol. The Morgan fingerprint density at radius 1 is 1.10 bits per heavy atom. The topological polar surface area (TPSA) is 49.4 Å². The van der Waals surface area contributed by atoms with E-state index in [1.165, 1.54) is 17.0 Å². The van der Waals surface area contributed by atoms with Crippen molar-refractivity contribution in [1.82, 2.24) is 10.2 Å². The molecule has 31 heavy (non-hydrogen) atoms. The summed E-state index contributed by atoms with van der Waals surface area (Å²) >= 11 is 5.93. The number of amides is 2. The number of alkyl halides is 1. The number of halogens is 2. The van der Waals surface area contributed by atoms with Gasteiger partial charge < -0.3 is 10.2 Å². The summed E-state index contributed by atoms with van der Waals surface area (Å²) < 4.78 is 13.6. The van der Waals surface area contributed by atoms with Gasteiger partial charge in [0.25, 0.3) is 0 Å². The first-order valence-corrected chi connectivity index (χ1v) is 11.4. The monoisotopic (exact) mass is 444 g/mol. The summed E-state index contributed by atoms with van der Waals surface area (Å²) in [6.07, 6.45) is 3.13. The van der Waals surface area contributed by atoms with E-state index in [1.54, 1.807) is 12.1 Å². The maximum atomic E-state index is 13.6. The first kappa shape index (κ1) is 23.3. The van der Waals surface area contributed by atoms with Gasteiger partial charge in [-0.25, -0.2) is 4.39 Å². The number of hydrogen-bond donors (Lipinski definition) is 1. The molecular formula is C25H30ClFN2O2. The highest BCUT2D eigenvalue weighted by molar-refractivity contribution is 6.27. The molecule has 0 spiro atoms. The van der Waals surface area contributed by atoms with E-state index in [0.717, 1.165) is 24.8 Å². The maximum absolute atomic E-state index is 13.6. The van der Waals surface area contributed by atoms with E-state index < -0.39 is 11.9 Å². The van der Waals surface area contributed by atoms with Crippen LogP contribution in [0, 0.1) is 17.7 Å². The number of benzene rings is 2.